The smallest absolute Gasteiger partial charge is 0.227 e. The number of amides is 1. The van der Waals surface area contributed by atoms with Crippen molar-refractivity contribution in [2.45, 2.75) is 18.8 Å². The van der Waals surface area contributed by atoms with Crippen molar-refractivity contribution in [3.63, 3.8) is 0 Å². The van der Waals surface area contributed by atoms with E-state index < -0.39 is 0 Å². The van der Waals surface area contributed by atoms with Crippen LogP contribution in [0.25, 0.3) is 0 Å². The molecule has 1 amide bonds. The van der Waals surface area contributed by atoms with Crippen LogP contribution in [0.3, 0.4) is 0 Å². The summed E-state index contributed by atoms with van der Waals surface area (Å²) >= 11 is 0. The first-order valence-electron chi connectivity index (χ1n) is 7.33. The maximum Gasteiger partial charge on any atom is 0.227 e. The fourth-order valence-electron chi connectivity index (χ4n) is 2.77. The lowest BCUT2D eigenvalue weighted by Crippen LogP contribution is -2.34. The molecule has 0 aliphatic carbocycles. The first-order valence-corrected chi connectivity index (χ1v) is 7.33. The number of carbonyl (C=O) groups excluding carboxylic acids is 1. The van der Waals surface area contributed by atoms with Gasteiger partial charge < -0.3 is 10.6 Å². The van der Waals surface area contributed by atoms with Crippen LogP contribution < -0.4 is 10.6 Å². The van der Waals surface area contributed by atoms with E-state index in [1.54, 1.807) is 4.68 Å². The van der Waals surface area contributed by atoms with Crippen molar-refractivity contribution in [1.82, 2.24) is 15.1 Å². The Bertz CT molecular complexity index is 635. The lowest BCUT2D eigenvalue weighted by molar-refractivity contribution is -0.122. The molecular formula is C16H20N4O. The minimum atomic E-state index is -0.0498. The van der Waals surface area contributed by atoms with Crippen molar-refractivity contribution in [3.05, 3.63) is 47.8 Å². The number of aryl methyl sites for hydroxylation is 1. The van der Waals surface area contributed by atoms with Gasteiger partial charge in [-0.25, -0.2) is 0 Å². The van der Waals surface area contributed by atoms with Crippen molar-refractivity contribution in [2.24, 2.45) is 7.05 Å². The summed E-state index contributed by atoms with van der Waals surface area (Å²) in [6.45, 7) is 1.47. The highest BCUT2D eigenvalue weighted by Crippen LogP contribution is 2.31. The van der Waals surface area contributed by atoms with Crippen molar-refractivity contribution in [3.8, 4) is 0 Å². The molecule has 1 unspecified atom stereocenters. The van der Waals surface area contributed by atoms with Gasteiger partial charge in [0, 0.05) is 38.4 Å². The third-order valence-corrected chi connectivity index (χ3v) is 3.85. The molecule has 0 spiro atoms. The Hall–Kier alpha value is -2.30. The average Bonchev–Trinajstić information content (AvgIpc) is 2.92. The number of hydrogen-bond donors (Lipinski definition) is 2. The number of hydrogen-bond acceptors (Lipinski definition) is 3. The lowest BCUT2D eigenvalue weighted by Gasteiger charge is -2.25. The van der Waals surface area contributed by atoms with Gasteiger partial charge in [-0.3, -0.25) is 9.48 Å². The first-order chi connectivity index (χ1) is 10.2. The first kappa shape index (κ1) is 13.7. The zero-order valence-electron chi connectivity index (χ0n) is 12.2. The Balaban J connectivity index is 1.59. The normalized spacial score (nSPS) is 16.9. The van der Waals surface area contributed by atoms with E-state index >= 15 is 0 Å². The Labute approximate surface area is 124 Å². The maximum absolute atomic E-state index is 12.4. The summed E-state index contributed by atoms with van der Waals surface area (Å²) in [4.78, 5) is 12.4. The maximum atomic E-state index is 12.4. The number of para-hydroxylation sites is 1. The number of nitrogens with one attached hydrogen (secondary N) is 2. The van der Waals surface area contributed by atoms with E-state index in [0.29, 0.717) is 6.54 Å². The SMILES string of the molecule is Cn1ccc(CCNC(=O)C2CCNc3ccccc32)n1. The summed E-state index contributed by atoms with van der Waals surface area (Å²) in [5.41, 5.74) is 3.18. The second kappa shape index (κ2) is 5.99. The number of aromatic nitrogens is 2. The van der Waals surface area contributed by atoms with Crippen molar-refractivity contribution >= 4 is 11.6 Å². The van der Waals surface area contributed by atoms with Crippen LogP contribution in [0.5, 0.6) is 0 Å². The van der Waals surface area contributed by atoms with Gasteiger partial charge in [0.2, 0.25) is 5.91 Å². The summed E-state index contributed by atoms with van der Waals surface area (Å²) in [6, 6.07) is 10.0. The van der Waals surface area contributed by atoms with Crippen LogP contribution in [0.15, 0.2) is 36.5 Å². The van der Waals surface area contributed by atoms with Gasteiger partial charge in [0.1, 0.15) is 0 Å². The second-order valence-corrected chi connectivity index (χ2v) is 5.38. The lowest BCUT2D eigenvalue weighted by atomic mass is 9.90. The number of carbonyl (C=O) groups is 1. The quantitative estimate of drug-likeness (QED) is 0.898. The molecule has 0 fully saturated rings. The van der Waals surface area contributed by atoms with Gasteiger partial charge in [-0.15, -0.1) is 0 Å². The molecule has 0 saturated carbocycles. The summed E-state index contributed by atoms with van der Waals surface area (Å²) in [5, 5.41) is 10.7. The Morgan fingerprint density at radius 3 is 3.10 bits per heavy atom. The number of benzene rings is 1. The van der Waals surface area contributed by atoms with Gasteiger partial charge in [0.05, 0.1) is 11.6 Å². The van der Waals surface area contributed by atoms with Crippen molar-refractivity contribution < 1.29 is 4.79 Å². The third-order valence-electron chi connectivity index (χ3n) is 3.85. The van der Waals surface area contributed by atoms with Crippen LogP contribution in [-0.2, 0) is 18.3 Å². The Kier molecular flexibility index (Phi) is 3.90. The zero-order valence-corrected chi connectivity index (χ0v) is 12.2. The number of fused-ring (bicyclic) bond motifs is 1. The van der Waals surface area contributed by atoms with E-state index in [-0.39, 0.29) is 11.8 Å². The second-order valence-electron chi connectivity index (χ2n) is 5.38. The number of nitrogens with zero attached hydrogens (tertiary/aromatic N) is 2. The molecule has 5 heteroatoms. The summed E-state index contributed by atoms with van der Waals surface area (Å²) < 4.78 is 1.78. The van der Waals surface area contributed by atoms with Crippen LogP contribution in [0.2, 0.25) is 0 Å². The average molecular weight is 284 g/mol. The number of anilines is 1. The van der Waals surface area contributed by atoms with Crippen LogP contribution >= 0.6 is 0 Å². The molecule has 0 bridgehead atoms. The predicted octanol–water partition coefficient (Wildman–Crippen LogP) is 1.68. The molecule has 21 heavy (non-hydrogen) atoms. The summed E-state index contributed by atoms with van der Waals surface area (Å²) in [6.07, 6.45) is 3.52. The highest BCUT2D eigenvalue weighted by atomic mass is 16.1. The van der Waals surface area contributed by atoms with Crippen molar-refractivity contribution in [1.29, 1.82) is 0 Å². The number of rotatable bonds is 4. The Morgan fingerprint density at radius 1 is 1.43 bits per heavy atom. The Morgan fingerprint density at radius 2 is 2.29 bits per heavy atom. The van der Waals surface area contributed by atoms with Gasteiger partial charge in [-0.1, -0.05) is 18.2 Å². The topological polar surface area (TPSA) is 59.0 Å². The minimum absolute atomic E-state index is 0.0498. The standard InChI is InChI=1S/C16H20N4O/c1-20-11-8-12(19-20)6-9-18-16(21)14-7-10-17-15-5-3-2-4-13(14)15/h2-5,8,11,14,17H,6-7,9-10H2,1H3,(H,18,21). The monoisotopic (exact) mass is 284 g/mol. The van der Waals surface area contributed by atoms with E-state index in [0.717, 1.165) is 36.3 Å². The molecule has 3 rings (SSSR count). The van der Waals surface area contributed by atoms with E-state index in [1.807, 2.05) is 43.6 Å². The van der Waals surface area contributed by atoms with E-state index in [9.17, 15) is 4.79 Å². The van der Waals surface area contributed by atoms with Crippen LogP contribution in [0.1, 0.15) is 23.6 Å². The molecular weight excluding hydrogens is 264 g/mol. The summed E-state index contributed by atoms with van der Waals surface area (Å²) in [5.74, 6) is 0.0612. The molecule has 1 aliphatic rings. The van der Waals surface area contributed by atoms with Gasteiger partial charge in [-0.05, 0) is 24.1 Å². The van der Waals surface area contributed by atoms with Crippen molar-refractivity contribution in [2.75, 3.05) is 18.4 Å². The van der Waals surface area contributed by atoms with E-state index in [4.69, 9.17) is 0 Å². The van der Waals surface area contributed by atoms with E-state index in [2.05, 4.69) is 15.7 Å². The van der Waals surface area contributed by atoms with Crippen LogP contribution in [-0.4, -0.2) is 28.8 Å². The zero-order chi connectivity index (χ0) is 14.7. The fraction of sp³-hybridized carbons (Fsp3) is 0.375. The molecule has 5 nitrogen and oxygen atoms in total. The predicted molar refractivity (Wildman–Crippen MR) is 82.2 cm³/mol. The van der Waals surface area contributed by atoms with Gasteiger partial charge in [-0.2, -0.15) is 5.10 Å². The summed E-state index contributed by atoms with van der Waals surface area (Å²) in [7, 11) is 1.90. The molecule has 110 valence electrons. The molecule has 2 heterocycles. The molecule has 1 aromatic heterocycles. The molecule has 1 atom stereocenters. The van der Waals surface area contributed by atoms with Crippen LogP contribution in [0.4, 0.5) is 5.69 Å². The fourth-order valence-corrected chi connectivity index (χ4v) is 2.77. The highest BCUT2D eigenvalue weighted by Gasteiger charge is 2.25. The third kappa shape index (κ3) is 3.07. The molecule has 0 radical (unpaired) electrons. The highest BCUT2D eigenvalue weighted by molar-refractivity contribution is 5.86. The molecule has 2 N–H and O–H groups in total. The molecule has 2 aromatic rings. The minimum Gasteiger partial charge on any atom is -0.385 e. The van der Waals surface area contributed by atoms with Gasteiger partial charge in [0.25, 0.3) is 0 Å². The van der Waals surface area contributed by atoms with Crippen LogP contribution in [0, 0.1) is 0 Å². The van der Waals surface area contributed by atoms with E-state index in [1.165, 1.54) is 0 Å². The van der Waals surface area contributed by atoms with Gasteiger partial charge >= 0.3 is 0 Å². The largest absolute Gasteiger partial charge is 0.385 e. The molecule has 0 saturated heterocycles. The molecule has 1 aromatic carbocycles. The molecule has 1 aliphatic heterocycles. The van der Waals surface area contributed by atoms with Gasteiger partial charge in [0.15, 0.2) is 0 Å².